The van der Waals surface area contributed by atoms with Gasteiger partial charge < -0.3 is 15.0 Å². The van der Waals surface area contributed by atoms with E-state index in [2.05, 4.69) is 10.3 Å². The van der Waals surface area contributed by atoms with Crippen LogP contribution in [0.4, 0.5) is 0 Å². The summed E-state index contributed by atoms with van der Waals surface area (Å²) < 4.78 is 6.09. The summed E-state index contributed by atoms with van der Waals surface area (Å²) in [6, 6.07) is 7.73. The summed E-state index contributed by atoms with van der Waals surface area (Å²) in [4.78, 5) is 24.7. The molecule has 1 amide bonds. The second-order valence-corrected chi connectivity index (χ2v) is 8.21. The van der Waals surface area contributed by atoms with Crippen LogP contribution in [-0.4, -0.2) is 39.5 Å². The lowest BCUT2D eigenvalue weighted by molar-refractivity contribution is -0.146. The van der Waals surface area contributed by atoms with Gasteiger partial charge in [0.1, 0.15) is 5.75 Å². The molecule has 1 N–H and O–H groups in total. The highest BCUT2D eigenvalue weighted by atomic mass is 16.5. The molecule has 0 spiro atoms. The van der Waals surface area contributed by atoms with Crippen molar-refractivity contribution in [3.8, 4) is 5.75 Å². The molecule has 2 aliphatic rings. The van der Waals surface area contributed by atoms with E-state index in [0.29, 0.717) is 12.3 Å². The molecule has 6 heteroatoms. The Morgan fingerprint density at radius 2 is 2.21 bits per heavy atom. The molecule has 28 heavy (non-hydrogen) atoms. The highest BCUT2D eigenvalue weighted by molar-refractivity contribution is 5.85. The van der Waals surface area contributed by atoms with Gasteiger partial charge in [0.05, 0.1) is 6.04 Å². The molecule has 1 unspecified atom stereocenters. The quantitative estimate of drug-likeness (QED) is 0.883. The largest absolute Gasteiger partial charge is 0.478 e. The van der Waals surface area contributed by atoms with Crippen LogP contribution in [0.1, 0.15) is 55.4 Å². The third-order valence-corrected chi connectivity index (χ3v) is 5.52. The number of hydrogen-bond acceptors (Lipinski definition) is 5. The van der Waals surface area contributed by atoms with Crippen LogP contribution in [0.2, 0.25) is 0 Å². The number of carbonyl (C=O) groups excluding carboxylic acids is 1. The topological polar surface area (TPSA) is 67.3 Å². The number of amides is 1. The summed E-state index contributed by atoms with van der Waals surface area (Å²) in [6.07, 6.45) is 4.68. The average Bonchev–Trinajstić information content (AvgIpc) is 3.16. The summed E-state index contributed by atoms with van der Waals surface area (Å²) in [6.45, 7) is 8.17. The molecule has 1 aromatic heterocycles. The van der Waals surface area contributed by atoms with Gasteiger partial charge in [0.25, 0.3) is 5.91 Å². The van der Waals surface area contributed by atoms with Crippen LogP contribution in [0.5, 0.6) is 5.75 Å². The SMILES string of the molecule is Cc1cccc(OC(C)(C)C(=O)N2CCCC2c2ncc3c(n2)CCNC3)c1. The number of ether oxygens (including phenoxy) is 1. The average molecular weight is 380 g/mol. The second kappa shape index (κ2) is 7.51. The maximum atomic E-state index is 13.4. The summed E-state index contributed by atoms with van der Waals surface area (Å²) in [7, 11) is 0. The minimum atomic E-state index is -0.950. The van der Waals surface area contributed by atoms with Gasteiger partial charge in [0.2, 0.25) is 0 Å². The number of aromatic nitrogens is 2. The van der Waals surface area contributed by atoms with Crippen molar-refractivity contribution in [3.05, 3.63) is 53.1 Å². The highest BCUT2D eigenvalue weighted by Gasteiger charge is 2.41. The number of hydrogen-bond donors (Lipinski definition) is 1. The van der Waals surface area contributed by atoms with Crippen molar-refractivity contribution in [1.29, 1.82) is 0 Å². The lowest BCUT2D eigenvalue weighted by atomic mass is 10.1. The number of nitrogens with zero attached hydrogens (tertiary/aromatic N) is 3. The van der Waals surface area contributed by atoms with E-state index in [1.54, 1.807) is 0 Å². The van der Waals surface area contributed by atoms with Gasteiger partial charge in [0, 0.05) is 43.5 Å². The molecule has 0 radical (unpaired) electrons. The maximum absolute atomic E-state index is 13.4. The summed E-state index contributed by atoms with van der Waals surface area (Å²) in [5.74, 6) is 1.46. The Kier molecular flexibility index (Phi) is 5.06. The number of carbonyl (C=O) groups is 1. The van der Waals surface area contributed by atoms with Crippen LogP contribution in [0.3, 0.4) is 0 Å². The van der Waals surface area contributed by atoms with E-state index in [9.17, 15) is 4.79 Å². The predicted octanol–water partition coefficient (Wildman–Crippen LogP) is 2.95. The van der Waals surface area contributed by atoms with Crippen molar-refractivity contribution < 1.29 is 9.53 Å². The van der Waals surface area contributed by atoms with Gasteiger partial charge in [0.15, 0.2) is 11.4 Å². The van der Waals surface area contributed by atoms with Crippen LogP contribution in [0, 0.1) is 6.92 Å². The zero-order valence-electron chi connectivity index (χ0n) is 16.9. The van der Waals surface area contributed by atoms with E-state index in [1.165, 1.54) is 0 Å². The van der Waals surface area contributed by atoms with Crippen LogP contribution < -0.4 is 10.1 Å². The van der Waals surface area contributed by atoms with Crippen LogP contribution in [0.25, 0.3) is 0 Å². The van der Waals surface area contributed by atoms with Crippen molar-refractivity contribution in [1.82, 2.24) is 20.2 Å². The highest BCUT2D eigenvalue weighted by Crippen LogP contribution is 2.33. The molecule has 1 atom stereocenters. The minimum absolute atomic E-state index is 0.0144. The Labute approximate surface area is 166 Å². The van der Waals surface area contributed by atoms with E-state index < -0.39 is 5.60 Å². The van der Waals surface area contributed by atoms with Gasteiger partial charge in [-0.1, -0.05) is 12.1 Å². The first-order chi connectivity index (χ1) is 13.4. The minimum Gasteiger partial charge on any atom is -0.478 e. The van der Waals surface area contributed by atoms with Crippen LogP contribution in [-0.2, 0) is 17.8 Å². The molecule has 3 heterocycles. The van der Waals surface area contributed by atoms with Crippen molar-refractivity contribution in [2.45, 2.75) is 58.2 Å². The van der Waals surface area contributed by atoms with Crippen molar-refractivity contribution >= 4 is 5.91 Å². The molecular formula is C22H28N4O2. The van der Waals surface area contributed by atoms with Gasteiger partial charge in [-0.25, -0.2) is 9.97 Å². The Bertz CT molecular complexity index is 881. The number of likely N-dealkylation sites (tertiary alicyclic amines) is 1. The molecular weight excluding hydrogens is 352 g/mol. The monoisotopic (exact) mass is 380 g/mol. The summed E-state index contributed by atoms with van der Waals surface area (Å²) in [5, 5.41) is 3.34. The standard InChI is InChI=1S/C22H28N4O2/c1-15-6-4-7-17(12-15)28-22(2,3)21(27)26-11-5-8-19(26)20-24-14-16-13-23-10-9-18(16)25-20/h4,6-7,12,14,19,23H,5,8-11,13H2,1-3H3. The smallest absolute Gasteiger partial charge is 0.266 e. The lowest BCUT2D eigenvalue weighted by Crippen LogP contribution is -2.48. The van der Waals surface area contributed by atoms with E-state index in [-0.39, 0.29) is 11.9 Å². The normalized spacial score (nSPS) is 19.4. The molecule has 1 fully saturated rings. The molecule has 1 aromatic carbocycles. The third kappa shape index (κ3) is 3.74. The van der Waals surface area contributed by atoms with Crippen molar-refractivity contribution in [2.75, 3.05) is 13.1 Å². The number of benzene rings is 1. The number of aryl methyl sites for hydroxylation is 1. The maximum Gasteiger partial charge on any atom is 0.266 e. The van der Waals surface area contributed by atoms with E-state index in [0.717, 1.165) is 55.0 Å². The van der Waals surface area contributed by atoms with Gasteiger partial charge in [-0.05, 0) is 51.3 Å². The van der Waals surface area contributed by atoms with Gasteiger partial charge in [-0.2, -0.15) is 0 Å². The molecule has 0 bridgehead atoms. The fourth-order valence-corrected chi connectivity index (χ4v) is 4.05. The summed E-state index contributed by atoms with van der Waals surface area (Å²) in [5.41, 5.74) is 2.43. The van der Waals surface area contributed by atoms with Gasteiger partial charge in [-0.3, -0.25) is 4.79 Å². The first-order valence-corrected chi connectivity index (χ1v) is 10.1. The Balaban J connectivity index is 1.54. The Morgan fingerprint density at radius 1 is 1.36 bits per heavy atom. The first-order valence-electron chi connectivity index (χ1n) is 10.1. The molecule has 1 saturated heterocycles. The molecule has 2 aromatic rings. The van der Waals surface area contributed by atoms with E-state index in [1.807, 2.05) is 56.1 Å². The molecule has 148 valence electrons. The zero-order chi connectivity index (χ0) is 19.7. The van der Waals surface area contributed by atoms with Gasteiger partial charge >= 0.3 is 0 Å². The van der Waals surface area contributed by atoms with E-state index >= 15 is 0 Å². The number of rotatable bonds is 4. The Morgan fingerprint density at radius 3 is 3.04 bits per heavy atom. The molecule has 0 aliphatic carbocycles. The predicted molar refractivity (Wildman–Crippen MR) is 107 cm³/mol. The van der Waals surface area contributed by atoms with Gasteiger partial charge in [-0.15, -0.1) is 0 Å². The Hall–Kier alpha value is -2.47. The summed E-state index contributed by atoms with van der Waals surface area (Å²) >= 11 is 0. The number of nitrogens with one attached hydrogen (secondary N) is 1. The molecule has 4 rings (SSSR count). The fraction of sp³-hybridized carbons (Fsp3) is 0.500. The van der Waals surface area contributed by atoms with E-state index in [4.69, 9.17) is 9.72 Å². The van der Waals surface area contributed by atoms with Crippen LogP contribution >= 0.6 is 0 Å². The lowest BCUT2D eigenvalue weighted by Gasteiger charge is -2.33. The van der Waals surface area contributed by atoms with Crippen molar-refractivity contribution in [2.24, 2.45) is 0 Å². The molecule has 0 saturated carbocycles. The fourth-order valence-electron chi connectivity index (χ4n) is 4.05. The number of fused-ring (bicyclic) bond motifs is 1. The first kappa shape index (κ1) is 18.9. The molecule has 6 nitrogen and oxygen atoms in total. The van der Waals surface area contributed by atoms with Crippen LogP contribution in [0.15, 0.2) is 30.5 Å². The zero-order valence-corrected chi connectivity index (χ0v) is 16.9. The van der Waals surface area contributed by atoms with Crippen molar-refractivity contribution in [3.63, 3.8) is 0 Å². The second-order valence-electron chi connectivity index (χ2n) is 8.21. The third-order valence-electron chi connectivity index (χ3n) is 5.52. The molecule has 2 aliphatic heterocycles.